The van der Waals surface area contributed by atoms with Gasteiger partial charge in [0.15, 0.2) is 0 Å². The lowest BCUT2D eigenvalue weighted by Gasteiger charge is -2.34. The summed E-state index contributed by atoms with van der Waals surface area (Å²) in [5.74, 6) is 1.05. The molecule has 4 heteroatoms. The Labute approximate surface area is 107 Å². The molecule has 0 spiro atoms. The number of nitrogens with zero attached hydrogens (tertiary/aromatic N) is 2. The highest BCUT2D eigenvalue weighted by atomic mass is 16.3. The third-order valence-electron chi connectivity index (χ3n) is 3.81. The molecule has 18 heavy (non-hydrogen) atoms. The van der Waals surface area contributed by atoms with Crippen LogP contribution in [0.5, 0.6) is 0 Å². The van der Waals surface area contributed by atoms with E-state index in [1.165, 1.54) is 0 Å². The fourth-order valence-corrected chi connectivity index (χ4v) is 2.70. The molecule has 3 rings (SSSR count). The predicted molar refractivity (Wildman–Crippen MR) is 71.3 cm³/mol. The average molecular weight is 245 g/mol. The maximum atomic E-state index is 9.31. The van der Waals surface area contributed by atoms with E-state index in [0.29, 0.717) is 6.04 Å². The second-order valence-electron chi connectivity index (χ2n) is 5.23. The van der Waals surface area contributed by atoms with Crippen LogP contribution in [-0.4, -0.2) is 26.8 Å². The molecule has 1 unspecified atom stereocenters. The van der Waals surface area contributed by atoms with Gasteiger partial charge < -0.3 is 15.0 Å². The number of imidazole rings is 1. The standard InChI is InChI=1S/C14H19N3O/c1-9(15-10-7-11(18)8-10)14-16-12-5-3-4-6-13(12)17(14)2/h3-6,9-11,15,18H,7-8H2,1-2H3. The lowest BCUT2D eigenvalue weighted by molar-refractivity contribution is 0.0580. The number of fused-ring (bicyclic) bond motifs is 1. The van der Waals surface area contributed by atoms with Gasteiger partial charge in [0, 0.05) is 13.1 Å². The van der Waals surface area contributed by atoms with Crippen molar-refractivity contribution < 1.29 is 5.11 Å². The van der Waals surface area contributed by atoms with Gasteiger partial charge in [-0.2, -0.15) is 0 Å². The summed E-state index contributed by atoms with van der Waals surface area (Å²) in [6.07, 6.45) is 1.60. The SMILES string of the molecule is CC(NC1CC(O)C1)c1nc2ccccc2n1C. The van der Waals surface area contributed by atoms with Gasteiger partial charge in [-0.25, -0.2) is 4.98 Å². The number of aromatic nitrogens is 2. The number of aliphatic hydroxyl groups excluding tert-OH is 1. The number of rotatable bonds is 3. The van der Waals surface area contributed by atoms with Crippen LogP contribution in [0.1, 0.15) is 31.6 Å². The molecular weight excluding hydrogens is 226 g/mol. The quantitative estimate of drug-likeness (QED) is 0.866. The topological polar surface area (TPSA) is 50.1 Å². The fraction of sp³-hybridized carbons (Fsp3) is 0.500. The second-order valence-corrected chi connectivity index (χ2v) is 5.23. The molecule has 1 aromatic carbocycles. The summed E-state index contributed by atoms with van der Waals surface area (Å²) in [5.41, 5.74) is 2.20. The third-order valence-corrected chi connectivity index (χ3v) is 3.81. The van der Waals surface area contributed by atoms with Crippen molar-refractivity contribution in [2.24, 2.45) is 7.05 Å². The normalized spacial score (nSPS) is 25.1. The molecule has 0 aliphatic heterocycles. The zero-order valence-corrected chi connectivity index (χ0v) is 10.8. The molecule has 4 nitrogen and oxygen atoms in total. The Morgan fingerprint density at radius 3 is 2.78 bits per heavy atom. The monoisotopic (exact) mass is 245 g/mol. The van der Waals surface area contributed by atoms with E-state index in [1.807, 2.05) is 18.2 Å². The van der Waals surface area contributed by atoms with Gasteiger partial charge in [-0.05, 0) is 31.9 Å². The van der Waals surface area contributed by atoms with Gasteiger partial charge in [0.25, 0.3) is 0 Å². The van der Waals surface area contributed by atoms with E-state index >= 15 is 0 Å². The van der Waals surface area contributed by atoms with Crippen LogP contribution < -0.4 is 5.32 Å². The maximum Gasteiger partial charge on any atom is 0.126 e. The number of benzene rings is 1. The molecule has 1 saturated carbocycles. The Kier molecular flexibility index (Phi) is 2.84. The van der Waals surface area contributed by atoms with Crippen molar-refractivity contribution in [2.75, 3.05) is 0 Å². The van der Waals surface area contributed by atoms with Gasteiger partial charge in [0.1, 0.15) is 5.82 Å². The summed E-state index contributed by atoms with van der Waals surface area (Å²) in [6.45, 7) is 2.13. The van der Waals surface area contributed by atoms with Crippen LogP contribution >= 0.6 is 0 Å². The molecule has 1 aromatic heterocycles. The van der Waals surface area contributed by atoms with E-state index in [4.69, 9.17) is 0 Å². The van der Waals surface area contributed by atoms with Gasteiger partial charge in [0.2, 0.25) is 0 Å². The zero-order chi connectivity index (χ0) is 12.7. The third kappa shape index (κ3) is 1.91. The largest absolute Gasteiger partial charge is 0.393 e. The number of para-hydroxylation sites is 2. The van der Waals surface area contributed by atoms with Crippen LogP contribution in [-0.2, 0) is 7.05 Å². The highest BCUT2D eigenvalue weighted by Crippen LogP contribution is 2.24. The van der Waals surface area contributed by atoms with Crippen molar-refractivity contribution in [3.63, 3.8) is 0 Å². The van der Waals surface area contributed by atoms with Crippen LogP contribution in [0.4, 0.5) is 0 Å². The Balaban J connectivity index is 1.82. The van der Waals surface area contributed by atoms with Crippen LogP contribution in [0, 0.1) is 0 Å². The molecule has 96 valence electrons. The molecule has 0 saturated heterocycles. The second kappa shape index (κ2) is 4.37. The first kappa shape index (κ1) is 11.7. The van der Waals surface area contributed by atoms with Gasteiger partial charge in [0.05, 0.1) is 23.2 Å². The molecule has 1 heterocycles. The lowest BCUT2D eigenvalue weighted by Crippen LogP contribution is -2.45. The van der Waals surface area contributed by atoms with E-state index in [2.05, 4.69) is 34.9 Å². The minimum absolute atomic E-state index is 0.116. The van der Waals surface area contributed by atoms with Crippen molar-refractivity contribution in [1.82, 2.24) is 14.9 Å². The minimum Gasteiger partial charge on any atom is -0.393 e. The Hall–Kier alpha value is -1.39. The Morgan fingerprint density at radius 1 is 1.39 bits per heavy atom. The number of nitrogens with one attached hydrogen (secondary N) is 1. The highest BCUT2D eigenvalue weighted by Gasteiger charge is 2.29. The Bertz CT molecular complexity index is 557. The Morgan fingerprint density at radius 2 is 2.11 bits per heavy atom. The van der Waals surface area contributed by atoms with Gasteiger partial charge >= 0.3 is 0 Å². The number of aliphatic hydroxyl groups is 1. The number of aryl methyl sites for hydroxylation is 1. The first-order valence-corrected chi connectivity index (χ1v) is 6.50. The van der Waals surface area contributed by atoms with Crippen LogP contribution in [0.25, 0.3) is 11.0 Å². The molecule has 0 amide bonds. The number of hydrogen-bond acceptors (Lipinski definition) is 3. The zero-order valence-electron chi connectivity index (χ0n) is 10.8. The van der Waals surface area contributed by atoms with Gasteiger partial charge in [-0.3, -0.25) is 0 Å². The predicted octanol–water partition coefficient (Wildman–Crippen LogP) is 1.75. The van der Waals surface area contributed by atoms with E-state index in [-0.39, 0.29) is 12.1 Å². The highest BCUT2D eigenvalue weighted by molar-refractivity contribution is 5.75. The molecule has 0 bridgehead atoms. The van der Waals surface area contributed by atoms with E-state index in [9.17, 15) is 5.11 Å². The van der Waals surface area contributed by atoms with E-state index in [0.717, 1.165) is 29.7 Å². The summed E-state index contributed by atoms with van der Waals surface area (Å²) in [4.78, 5) is 4.68. The average Bonchev–Trinajstić information content (AvgIpc) is 2.66. The van der Waals surface area contributed by atoms with Crippen molar-refractivity contribution in [1.29, 1.82) is 0 Å². The molecule has 1 aliphatic carbocycles. The summed E-state index contributed by atoms with van der Waals surface area (Å²) in [6, 6.07) is 8.81. The maximum absolute atomic E-state index is 9.31. The van der Waals surface area contributed by atoms with Crippen molar-refractivity contribution >= 4 is 11.0 Å². The van der Waals surface area contributed by atoms with Crippen molar-refractivity contribution in [2.45, 2.75) is 38.0 Å². The van der Waals surface area contributed by atoms with Crippen LogP contribution in [0.3, 0.4) is 0 Å². The van der Waals surface area contributed by atoms with E-state index < -0.39 is 0 Å². The van der Waals surface area contributed by atoms with Crippen LogP contribution in [0.2, 0.25) is 0 Å². The smallest absolute Gasteiger partial charge is 0.126 e. The number of hydrogen-bond donors (Lipinski definition) is 2. The molecular formula is C14H19N3O. The fourth-order valence-electron chi connectivity index (χ4n) is 2.70. The van der Waals surface area contributed by atoms with Gasteiger partial charge in [-0.15, -0.1) is 0 Å². The molecule has 1 fully saturated rings. The molecule has 1 aliphatic rings. The molecule has 2 N–H and O–H groups in total. The van der Waals surface area contributed by atoms with E-state index in [1.54, 1.807) is 0 Å². The lowest BCUT2D eigenvalue weighted by atomic mass is 9.89. The summed E-state index contributed by atoms with van der Waals surface area (Å²) in [5, 5.41) is 12.8. The summed E-state index contributed by atoms with van der Waals surface area (Å²) in [7, 11) is 2.05. The first-order chi connectivity index (χ1) is 8.65. The molecule has 1 atom stereocenters. The first-order valence-electron chi connectivity index (χ1n) is 6.50. The molecule has 2 aromatic rings. The van der Waals surface area contributed by atoms with Crippen molar-refractivity contribution in [3.8, 4) is 0 Å². The summed E-state index contributed by atoms with van der Waals surface area (Å²) < 4.78 is 2.14. The van der Waals surface area contributed by atoms with Crippen molar-refractivity contribution in [3.05, 3.63) is 30.1 Å². The van der Waals surface area contributed by atoms with Crippen LogP contribution in [0.15, 0.2) is 24.3 Å². The minimum atomic E-state index is -0.116. The molecule has 0 radical (unpaired) electrons. The van der Waals surface area contributed by atoms with Gasteiger partial charge in [-0.1, -0.05) is 12.1 Å². The summed E-state index contributed by atoms with van der Waals surface area (Å²) >= 11 is 0.